The molecule has 120 valence electrons. The fourth-order valence-electron chi connectivity index (χ4n) is 2.35. The minimum absolute atomic E-state index is 0.197. The number of nitrogens with zero attached hydrogens (tertiary/aromatic N) is 3. The normalized spacial score (nSPS) is 15.8. The van der Waals surface area contributed by atoms with Gasteiger partial charge in [-0.25, -0.2) is 0 Å². The van der Waals surface area contributed by atoms with Gasteiger partial charge in [0.05, 0.1) is 7.11 Å². The molecule has 0 bridgehead atoms. The number of hydrogen-bond donors (Lipinski definition) is 1. The molecule has 0 spiro atoms. The van der Waals surface area contributed by atoms with Gasteiger partial charge in [0.1, 0.15) is 11.4 Å². The van der Waals surface area contributed by atoms with Gasteiger partial charge in [-0.3, -0.25) is 10.1 Å². The summed E-state index contributed by atoms with van der Waals surface area (Å²) >= 11 is 1.61. The number of rotatable bonds is 7. The Balaban J connectivity index is 2.78. The van der Waals surface area contributed by atoms with Gasteiger partial charge < -0.3 is 9.30 Å². The van der Waals surface area contributed by atoms with E-state index < -0.39 is 5.54 Å². The molecule has 0 aliphatic rings. The van der Waals surface area contributed by atoms with Gasteiger partial charge in [0.2, 0.25) is 0 Å². The number of ether oxygens (including phenoxy) is 1. The predicted molar refractivity (Wildman–Crippen MR) is 84.4 cm³/mol. The Morgan fingerprint density at radius 2 is 2.05 bits per heavy atom. The number of aryl methyl sites for hydroxylation is 1. The highest BCUT2D eigenvalue weighted by atomic mass is 32.2. The van der Waals surface area contributed by atoms with Crippen LogP contribution in [-0.2, 0) is 16.6 Å². The fraction of sp³-hybridized carbons (Fsp3) is 0.786. The molecule has 0 radical (unpaired) electrons. The first-order valence-electron chi connectivity index (χ1n) is 7.08. The van der Waals surface area contributed by atoms with E-state index in [-0.39, 0.29) is 17.3 Å². The fourth-order valence-corrected chi connectivity index (χ4v) is 3.51. The quantitative estimate of drug-likeness (QED) is 0.612. The van der Waals surface area contributed by atoms with Crippen LogP contribution in [0.15, 0.2) is 5.16 Å². The van der Waals surface area contributed by atoms with E-state index in [1.807, 2.05) is 39.3 Å². The summed E-state index contributed by atoms with van der Waals surface area (Å²) in [6.07, 6.45) is 0.647. The smallest absolute Gasteiger partial charge is 0.325 e. The van der Waals surface area contributed by atoms with Gasteiger partial charge in [-0.15, -0.1) is 10.2 Å². The van der Waals surface area contributed by atoms with Gasteiger partial charge in [0.25, 0.3) is 0 Å². The standard InChI is InChI=1S/C14H26N4O2S/c1-9(2)15-14(5,12(19)20-7)8-10(3)21-13-17-16-11(4)18(13)6/h9-10,15H,8H2,1-7H3. The van der Waals surface area contributed by atoms with E-state index in [1.54, 1.807) is 11.8 Å². The van der Waals surface area contributed by atoms with Crippen LogP contribution in [0.2, 0.25) is 0 Å². The molecule has 1 aromatic rings. The van der Waals surface area contributed by atoms with E-state index in [0.717, 1.165) is 11.0 Å². The lowest BCUT2D eigenvalue weighted by Crippen LogP contribution is -2.54. The van der Waals surface area contributed by atoms with E-state index in [4.69, 9.17) is 4.74 Å². The summed E-state index contributed by atoms with van der Waals surface area (Å²) in [6, 6.07) is 0.198. The third-order valence-corrected chi connectivity index (χ3v) is 4.43. The lowest BCUT2D eigenvalue weighted by atomic mass is 9.95. The molecule has 21 heavy (non-hydrogen) atoms. The Morgan fingerprint density at radius 1 is 1.43 bits per heavy atom. The highest BCUT2D eigenvalue weighted by Crippen LogP contribution is 2.28. The van der Waals surface area contributed by atoms with Crippen molar-refractivity contribution < 1.29 is 9.53 Å². The summed E-state index contributed by atoms with van der Waals surface area (Å²) in [5, 5.41) is 12.6. The molecule has 1 heterocycles. The van der Waals surface area contributed by atoms with Crippen molar-refractivity contribution >= 4 is 17.7 Å². The molecule has 1 aromatic heterocycles. The summed E-state index contributed by atoms with van der Waals surface area (Å²) in [4.78, 5) is 12.1. The zero-order chi connectivity index (χ0) is 16.2. The van der Waals surface area contributed by atoms with Crippen LogP contribution >= 0.6 is 11.8 Å². The maximum absolute atomic E-state index is 12.1. The Bertz CT molecular complexity index is 489. The van der Waals surface area contributed by atoms with Crippen LogP contribution in [0.25, 0.3) is 0 Å². The van der Waals surface area contributed by atoms with Crippen LogP contribution in [0.3, 0.4) is 0 Å². The molecule has 1 N–H and O–H groups in total. The number of nitrogens with one attached hydrogen (secondary N) is 1. The van der Waals surface area contributed by atoms with E-state index in [2.05, 4.69) is 22.4 Å². The molecule has 0 amide bonds. The average Bonchev–Trinajstić information content (AvgIpc) is 2.68. The zero-order valence-electron chi connectivity index (χ0n) is 13.9. The average molecular weight is 314 g/mol. The van der Waals surface area contributed by atoms with Crippen molar-refractivity contribution in [2.45, 2.75) is 63.0 Å². The maximum atomic E-state index is 12.1. The van der Waals surface area contributed by atoms with Crippen LogP contribution in [0.1, 0.15) is 39.9 Å². The molecule has 0 saturated heterocycles. The molecule has 7 heteroatoms. The first-order chi connectivity index (χ1) is 9.69. The molecule has 6 nitrogen and oxygen atoms in total. The molecule has 2 unspecified atom stereocenters. The Kier molecular flexibility index (Phi) is 6.22. The van der Waals surface area contributed by atoms with Crippen molar-refractivity contribution in [3.63, 3.8) is 0 Å². The monoisotopic (exact) mass is 314 g/mol. The molecule has 0 aliphatic carbocycles. The molecule has 0 fully saturated rings. The topological polar surface area (TPSA) is 69.0 Å². The summed E-state index contributed by atoms with van der Waals surface area (Å²) in [7, 11) is 3.36. The zero-order valence-corrected chi connectivity index (χ0v) is 14.7. The Labute approximate surface area is 131 Å². The second kappa shape index (κ2) is 7.26. The van der Waals surface area contributed by atoms with E-state index >= 15 is 0 Å². The molecule has 0 aromatic carbocycles. The SMILES string of the molecule is COC(=O)C(C)(CC(C)Sc1nnc(C)n1C)NC(C)C. The number of carbonyl (C=O) groups is 1. The second-order valence-corrected chi connectivity index (χ2v) is 7.25. The Morgan fingerprint density at radius 3 is 2.48 bits per heavy atom. The van der Waals surface area contributed by atoms with Crippen molar-refractivity contribution in [1.82, 2.24) is 20.1 Å². The minimum atomic E-state index is -0.705. The van der Waals surface area contributed by atoms with Crippen LogP contribution < -0.4 is 5.32 Å². The first kappa shape index (κ1) is 18.0. The Hall–Kier alpha value is -1.08. The summed E-state index contributed by atoms with van der Waals surface area (Å²) in [5.41, 5.74) is -0.705. The van der Waals surface area contributed by atoms with Gasteiger partial charge >= 0.3 is 5.97 Å². The third-order valence-electron chi connectivity index (χ3n) is 3.30. The third kappa shape index (κ3) is 4.71. The molecule has 0 saturated carbocycles. The first-order valence-corrected chi connectivity index (χ1v) is 7.96. The number of esters is 1. The van der Waals surface area contributed by atoms with Crippen LogP contribution in [-0.4, -0.2) is 44.7 Å². The van der Waals surface area contributed by atoms with Crippen LogP contribution in [0.5, 0.6) is 0 Å². The predicted octanol–water partition coefficient (Wildman–Crippen LogP) is 1.92. The van der Waals surface area contributed by atoms with Crippen molar-refractivity contribution in [2.24, 2.45) is 7.05 Å². The van der Waals surface area contributed by atoms with Gasteiger partial charge in [-0.1, -0.05) is 18.7 Å². The van der Waals surface area contributed by atoms with Crippen molar-refractivity contribution in [2.75, 3.05) is 7.11 Å². The molecule has 0 aliphatic heterocycles. The molecule has 1 rings (SSSR count). The molecular formula is C14H26N4O2S. The van der Waals surface area contributed by atoms with Crippen molar-refractivity contribution in [3.05, 3.63) is 5.82 Å². The van der Waals surface area contributed by atoms with Gasteiger partial charge in [-0.05, 0) is 34.1 Å². The van der Waals surface area contributed by atoms with E-state index in [0.29, 0.717) is 6.42 Å². The maximum Gasteiger partial charge on any atom is 0.325 e. The van der Waals surface area contributed by atoms with Crippen molar-refractivity contribution in [3.8, 4) is 0 Å². The highest BCUT2D eigenvalue weighted by Gasteiger charge is 2.36. The summed E-state index contributed by atoms with van der Waals surface area (Å²) < 4.78 is 6.90. The lowest BCUT2D eigenvalue weighted by molar-refractivity contribution is -0.148. The van der Waals surface area contributed by atoms with Crippen LogP contribution in [0.4, 0.5) is 0 Å². The largest absolute Gasteiger partial charge is 0.468 e. The lowest BCUT2D eigenvalue weighted by Gasteiger charge is -2.32. The van der Waals surface area contributed by atoms with E-state index in [1.165, 1.54) is 7.11 Å². The molecule has 2 atom stereocenters. The van der Waals surface area contributed by atoms with Gasteiger partial charge in [0.15, 0.2) is 5.16 Å². The highest BCUT2D eigenvalue weighted by molar-refractivity contribution is 7.99. The number of hydrogen-bond acceptors (Lipinski definition) is 6. The summed E-state index contributed by atoms with van der Waals surface area (Å²) in [5.74, 6) is 0.638. The van der Waals surface area contributed by atoms with E-state index in [9.17, 15) is 4.79 Å². The van der Waals surface area contributed by atoms with Crippen LogP contribution in [0, 0.1) is 6.92 Å². The van der Waals surface area contributed by atoms with Crippen molar-refractivity contribution in [1.29, 1.82) is 0 Å². The minimum Gasteiger partial charge on any atom is -0.468 e. The number of aromatic nitrogens is 3. The second-order valence-electron chi connectivity index (χ2n) is 5.84. The number of methoxy groups -OCH3 is 1. The summed E-state index contributed by atoms with van der Waals surface area (Å²) in [6.45, 7) is 9.92. The number of carbonyl (C=O) groups excluding carboxylic acids is 1. The molecular weight excluding hydrogens is 288 g/mol. The van der Waals surface area contributed by atoms with Gasteiger partial charge in [0, 0.05) is 18.3 Å². The van der Waals surface area contributed by atoms with Gasteiger partial charge in [-0.2, -0.15) is 0 Å². The number of thioether (sulfide) groups is 1.